The van der Waals surface area contributed by atoms with Crippen molar-refractivity contribution in [1.82, 2.24) is 14.6 Å². The van der Waals surface area contributed by atoms with Gasteiger partial charge in [0.1, 0.15) is 11.8 Å². The zero-order chi connectivity index (χ0) is 29.0. The first-order chi connectivity index (χ1) is 19.0. The smallest absolute Gasteiger partial charge is 0.328 e. The summed E-state index contributed by atoms with van der Waals surface area (Å²) in [6, 6.07) is 16.2. The number of aromatic hydroxyl groups is 1. The number of benzene rings is 3. The molecule has 0 radical (unpaired) electrons. The van der Waals surface area contributed by atoms with Crippen molar-refractivity contribution >= 4 is 50.3 Å². The van der Waals surface area contributed by atoms with Gasteiger partial charge in [-0.3, -0.25) is 9.59 Å². The molecule has 1 atom stereocenters. The van der Waals surface area contributed by atoms with Crippen molar-refractivity contribution < 1.29 is 32.6 Å². The topological polar surface area (TPSA) is 144 Å². The molecule has 0 saturated heterocycles. The van der Waals surface area contributed by atoms with Crippen molar-refractivity contribution in [1.29, 1.82) is 0 Å². The van der Waals surface area contributed by atoms with Gasteiger partial charge >= 0.3 is 5.97 Å². The van der Waals surface area contributed by atoms with Crippen molar-refractivity contribution in [3.8, 4) is 5.75 Å². The van der Waals surface area contributed by atoms with Crippen LogP contribution in [0.2, 0.25) is 5.02 Å². The molecular weight excluding hydrogens is 558 g/mol. The Balaban J connectivity index is 1.52. The maximum absolute atomic E-state index is 13.1. The van der Waals surface area contributed by atoms with Crippen molar-refractivity contribution in [2.45, 2.75) is 19.0 Å². The number of nitrogens with one attached hydrogen (secondary N) is 2. The minimum atomic E-state index is -3.62. The zero-order valence-corrected chi connectivity index (χ0v) is 23.1. The van der Waals surface area contributed by atoms with E-state index in [0.717, 1.165) is 10.2 Å². The second-order valence-electron chi connectivity index (χ2n) is 9.03. The van der Waals surface area contributed by atoms with Crippen LogP contribution in [0.5, 0.6) is 5.75 Å². The van der Waals surface area contributed by atoms with Gasteiger partial charge in [-0.2, -0.15) is 0 Å². The van der Waals surface area contributed by atoms with E-state index in [1.807, 2.05) is 0 Å². The average Bonchev–Trinajstić information content (AvgIpc) is 3.30. The van der Waals surface area contributed by atoms with Crippen molar-refractivity contribution in [3.05, 3.63) is 100 Å². The summed E-state index contributed by atoms with van der Waals surface area (Å²) in [5, 5.41) is 15.5. The summed E-state index contributed by atoms with van der Waals surface area (Å²) in [6.07, 6.45) is 2.44. The Labute approximate surface area is 235 Å². The number of methoxy groups -OCH3 is 1. The number of carbonyl (C=O) groups excluding carboxylic acids is 3. The van der Waals surface area contributed by atoms with Crippen molar-refractivity contribution in [2.24, 2.45) is 0 Å². The summed E-state index contributed by atoms with van der Waals surface area (Å²) in [5.41, 5.74) is 1.89. The zero-order valence-electron chi connectivity index (χ0n) is 21.5. The normalized spacial score (nSPS) is 12.1. The number of phenolic OH excluding ortho intramolecular Hbond substituents is 1. The Bertz CT molecular complexity index is 1720. The van der Waals surface area contributed by atoms with Crippen LogP contribution in [-0.4, -0.2) is 54.7 Å². The number of halogens is 1. The molecule has 0 fully saturated rings. The molecule has 12 heteroatoms. The molecular formula is C28H26ClN3O7S. The number of para-hydroxylation sites is 1. The van der Waals surface area contributed by atoms with Crippen molar-refractivity contribution in [2.75, 3.05) is 13.4 Å². The molecule has 0 aliphatic rings. The first-order valence-corrected chi connectivity index (χ1v) is 14.2. The highest BCUT2D eigenvalue weighted by molar-refractivity contribution is 7.89. The van der Waals surface area contributed by atoms with E-state index in [0.29, 0.717) is 22.0 Å². The lowest BCUT2D eigenvalue weighted by molar-refractivity contribution is -0.142. The van der Waals surface area contributed by atoms with E-state index in [1.165, 1.54) is 43.6 Å². The van der Waals surface area contributed by atoms with Crippen LogP contribution in [0, 0.1) is 0 Å². The second kappa shape index (κ2) is 11.8. The fourth-order valence-electron chi connectivity index (χ4n) is 4.24. The van der Waals surface area contributed by atoms with E-state index in [1.54, 1.807) is 36.4 Å². The lowest BCUT2D eigenvalue weighted by Gasteiger charge is -2.17. The maximum atomic E-state index is 13.1. The molecule has 208 valence electrons. The number of aromatic nitrogens is 1. The highest BCUT2D eigenvalue weighted by atomic mass is 35.5. The highest BCUT2D eigenvalue weighted by Crippen LogP contribution is 2.25. The third kappa shape index (κ3) is 6.44. The van der Waals surface area contributed by atoms with Crippen LogP contribution < -0.4 is 10.6 Å². The first-order valence-electron chi connectivity index (χ1n) is 12.0. The summed E-state index contributed by atoms with van der Waals surface area (Å²) in [5.74, 6) is -1.77. The third-order valence-electron chi connectivity index (χ3n) is 6.17. The Morgan fingerprint density at radius 1 is 1.02 bits per heavy atom. The predicted molar refractivity (Wildman–Crippen MR) is 150 cm³/mol. The fraction of sp³-hybridized carbons (Fsp3) is 0.179. The standard InChI is InChI=1S/C28H26ClN3O7S/c1-39-28(36)24(14-19-16-32(40(2,37)38)25-9-4-3-8-21(19)25)31-27(35)22-11-10-18(13-23(22)29)26(34)30-15-17-6-5-7-20(33)12-17/h3-13,16,24,33H,14-15H2,1-2H3,(H,30,34)(H,31,35). The summed E-state index contributed by atoms with van der Waals surface area (Å²) >= 11 is 6.33. The summed E-state index contributed by atoms with van der Waals surface area (Å²) in [7, 11) is -2.44. The first kappa shape index (κ1) is 28.7. The number of fused-ring (bicyclic) bond motifs is 1. The van der Waals surface area contributed by atoms with Crippen molar-refractivity contribution in [3.63, 3.8) is 0 Å². The number of phenols is 1. The molecule has 1 heterocycles. The Morgan fingerprint density at radius 2 is 1.77 bits per heavy atom. The number of ether oxygens (including phenoxy) is 1. The number of rotatable bonds is 9. The van der Waals surface area contributed by atoms with Gasteiger partial charge in [0.25, 0.3) is 11.8 Å². The van der Waals surface area contributed by atoms with Crippen LogP contribution in [0.3, 0.4) is 0 Å². The molecule has 0 bridgehead atoms. The second-order valence-corrected chi connectivity index (χ2v) is 11.3. The molecule has 0 aliphatic carbocycles. The Kier molecular flexibility index (Phi) is 8.46. The van der Waals surface area contributed by atoms with E-state index < -0.39 is 33.8 Å². The van der Waals surface area contributed by atoms with E-state index in [9.17, 15) is 27.9 Å². The number of hydrogen-bond donors (Lipinski definition) is 3. The maximum Gasteiger partial charge on any atom is 0.328 e. The van der Waals surface area contributed by atoms with Gasteiger partial charge in [-0.05, 0) is 47.5 Å². The molecule has 0 aliphatic heterocycles. The van der Waals surface area contributed by atoms with Gasteiger partial charge in [0.2, 0.25) is 10.0 Å². The Morgan fingerprint density at radius 3 is 2.45 bits per heavy atom. The van der Waals surface area contributed by atoms with Gasteiger partial charge in [-0.1, -0.05) is 41.9 Å². The molecule has 4 rings (SSSR count). The molecule has 1 aromatic heterocycles. The minimum Gasteiger partial charge on any atom is -0.508 e. The van der Waals surface area contributed by atoms with Crippen LogP contribution >= 0.6 is 11.6 Å². The number of hydrogen-bond acceptors (Lipinski definition) is 7. The van der Waals surface area contributed by atoms with Gasteiger partial charge < -0.3 is 20.5 Å². The van der Waals surface area contributed by atoms with Gasteiger partial charge in [0.15, 0.2) is 0 Å². The van der Waals surface area contributed by atoms with Crippen LogP contribution in [0.4, 0.5) is 0 Å². The molecule has 1 unspecified atom stereocenters. The number of nitrogens with zero attached hydrogens (tertiary/aromatic N) is 1. The van der Waals surface area contributed by atoms with E-state index in [-0.39, 0.29) is 34.9 Å². The predicted octanol–water partition coefficient (Wildman–Crippen LogP) is 3.25. The highest BCUT2D eigenvalue weighted by Gasteiger charge is 2.26. The van der Waals surface area contributed by atoms with Crippen LogP contribution in [0.15, 0.2) is 72.9 Å². The molecule has 0 saturated carbocycles. The lowest BCUT2D eigenvalue weighted by Crippen LogP contribution is -2.43. The van der Waals surface area contributed by atoms with Gasteiger partial charge in [0, 0.05) is 30.1 Å². The lowest BCUT2D eigenvalue weighted by atomic mass is 10.0. The number of carbonyl (C=O) groups is 3. The van der Waals surface area contributed by atoms with Gasteiger partial charge in [-0.15, -0.1) is 0 Å². The molecule has 3 N–H and O–H groups in total. The summed E-state index contributed by atoms with van der Waals surface area (Å²) < 4.78 is 30.6. The molecule has 2 amide bonds. The summed E-state index contributed by atoms with van der Waals surface area (Å²) in [6.45, 7) is 0.170. The average molecular weight is 584 g/mol. The largest absolute Gasteiger partial charge is 0.508 e. The molecule has 40 heavy (non-hydrogen) atoms. The number of esters is 1. The van der Waals surface area contributed by atoms with Crippen LogP contribution in [0.25, 0.3) is 10.9 Å². The molecule has 4 aromatic rings. The third-order valence-corrected chi connectivity index (χ3v) is 7.50. The fourth-order valence-corrected chi connectivity index (χ4v) is 5.34. The molecule has 3 aromatic carbocycles. The molecule has 0 spiro atoms. The van der Waals surface area contributed by atoms with Gasteiger partial charge in [-0.25, -0.2) is 17.2 Å². The van der Waals surface area contributed by atoms with Crippen LogP contribution in [-0.2, 0) is 32.5 Å². The van der Waals surface area contributed by atoms with Crippen LogP contribution in [0.1, 0.15) is 31.8 Å². The molecule has 10 nitrogen and oxygen atoms in total. The van der Waals surface area contributed by atoms with E-state index >= 15 is 0 Å². The quantitative estimate of drug-likeness (QED) is 0.257. The van der Waals surface area contributed by atoms with E-state index in [2.05, 4.69) is 10.6 Å². The van der Waals surface area contributed by atoms with E-state index in [4.69, 9.17) is 16.3 Å². The monoisotopic (exact) mass is 583 g/mol. The number of amides is 2. The SMILES string of the molecule is COC(=O)C(Cc1cn(S(C)(=O)=O)c2ccccc12)NC(=O)c1ccc(C(=O)NCc2cccc(O)c2)cc1Cl. The summed E-state index contributed by atoms with van der Waals surface area (Å²) in [4.78, 5) is 38.3. The minimum absolute atomic E-state index is 0.0141. The van der Waals surface area contributed by atoms with Gasteiger partial charge in [0.05, 0.1) is 29.5 Å². The Hall–Kier alpha value is -4.35.